The fourth-order valence-corrected chi connectivity index (χ4v) is 3.36. The van der Waals surface area contributed by atoms with Gasteiger partial charge in [0.2, 0.25) is 0 Å². The van der Waals surface area contributed by atoms with Crippen molar-refractivity contribution in [3.8, 4) is 0 Å². The molecule has 0 amide bonds. The highest BCUT2D eigenvalue weighted by Crippen LogP contribution is 2.15. The van der Waals surface area contributed by atoms with E-state index in [1.165, 1.54) is 29.4 Å². The Hall–Kier alpha value is -2.01. The maximum Gasteiger partial charge on any atom is 0.191 e. The lowest BCUT2D eigenvalue weighted by Gasteiger charge is -2.35. The summed E-state index contributed by atoms with van der Waals surface area (Å²) in [5, 5.41) is 8.24. The highest BCUT2D eigenvalue weighted by molar-refractivity contribution is 5.81. The molecule has 3 N–H and O–H groups in total. The van der Waals surface area contributed by atoms with Crippen LogP contribution in [0.15, 0.2) is 35.3 Å². The highest BCUT2D eigenvalue weighted by Gasteiger charge is 2.21. The molecule has 1 fully saturated rings. The molecule has 0 unspecified atom stereocenters. The topological polar surface area (TPSA) is 55.5 Å². The first-order valence-corrected chi connectivity index (χ1v) is 8.93. The van der Waals surface area contributed by atoms with Crippen LogP contribution in [-0.4, -0.2) is 48.1 Å². The van der Waals surface area contributed by atoms with Crippen LogP contribution in [0, 0.1) is 0 Å². The Bertz CT molecular complexity index is 647. The van der Waals surface area contributed by atoms with Crippen molar-refractivity contribution in [2.45, 2.75) is 45.3 Å². The molecule has 1 aromatic heterocycles. The van der Waals surface area contributed by atoms with Crippen LogP contribution < -0.4 is 10.6 Å². The number of nitrogens with zero attached hydrogens (tertiary/aromatic N) is 2. The van der Waals surface area contributed by atoms with Gasteiger partial charge in [-0.2, -0.15) is 0 Å². The van der Waals surface area contributed by atoms with Crippen molar-refractivity contribution in [1.29, 1.82) is 0 Å². The molecule has 5 heteroatoms. The van der Waals surface area contributed by atoms with Crippen LogP contribution in [0.4, 0.5) is 0 Å². The first-order chi connectivity index (χ1) is 11.7. The van der Waals surface area contributed by atoms with Gasteiger partial charge in [0, 0.05) is 43.4 Å². The van der Waals surface area contributed by atoms with E-state index in [2.05, 4.69) is 69.7 Å². The number of aliphatic imine (C=N–C) groups is 1. The number of piperidine rings is 1. The van der Waals surface area contributed by atoms with E-state index >= 15 is 0 Å². The third-order valence-corrected chi connectivity index (χ3v) is 4.86. The maximum absolute atomic E-state index is 4.37. The molecule has 130 valence electrons. The quantitative estimate of drug-likeness (QED) is 0.598. The zero-order valence-electron chi connectivity index (χ0n) is 15.0. The molecule has 1 aliphatic heterocycles. The Morgan fingerprint density at radius 2 is 2.04 bits per heavy atom. The summed E-state index contributed by atoms with van der Waals surface area (Å²) in [6.07, 6.45) is 2.34. The molecular formula is C19H29N5. The summed E-state index contributed by atoms with van der Waals surface area (Å²) in [7, 11) is 1.84. The first kappa shape index (κ1) is 16.8. The lowest BCUT2D eigenvalue weighted by atomic mass is 10.0. The third-order valence-electron chi connectivity index (χ3n) is 4.86. The second kappa shape index (κ2) is 7.71. The summed E-state index contributed by atoms with van der Waals surface area (Å²) in [5.74, 6) is 0.886. The predicted molar refractivity (Wildman–Crippen MR) is 101 cm³/mol. The van der Waals surface area contributed by atoms with Crippen molar-refractivity contribution < 1.29 is 0 Å². The van der Waals surface area contributed by atoms with Gasteiger partial charge in [-0.3, -0.25) is 4.99 Å². The van der Waals surface area contributed by atoms with E-state index in [4.69, 9.17) is 0 Å². The van der Waals surface area contributed by atoms with E-state index in [1.54, 1.807) is 0 Å². The lowest BCUT2D eigenvalue weighted by molar-refractivity contribution is 0.167. The summed E-state index contributed by atoms with van der Waals surface area (Å²) in [6.45, 7) is 7.62. The van der Waals surface area contributed by atoms with Crippen LogP contribution in [0.5, 0.6) is 0 Å². The van der Waals surface area contributed by atoms with Crippen LogP contribution in [0.3, 0.4) is 0 Å². The summed E-state index contributed by atoms with van der Waals surface area (Å²) >= 11 is 0. The molecule has 0 aliphatic carbocycles. The molecule has 0 atom stereocenters. The number of aromatic nitrogens is 1. The minimum atomic E-state index is 0.508. The average Bonchev–Trinajstić information content (AvgIpc) is 3.02. The number of rotatable bonds is 4. The molecule has 1 aliphatic rings. The molecule has 0 radical (unpaired) electrons. The van der Waals surface area contributed by atoms with Gasteiger partial charge in [-0.15, -0.1) is 0 Å². The van der Waals surface area contributed by atoms with E-state index < -0.39 is 0 Å². The molecule has 0 bridgehead atoms. The number of hydrogen-bond acceptors (Lipinski definition) is 2. The number of para-hydroxylation sites is 1. The van der Waals surface area contributed by atoms with Gasteiger partial charge in [0.05, 0.1) is 6.54 Å². The largest absolute Gasteiger partial charge is 0.357 e. The van der Waals surface area contributed by atoms with Crippen molar-refractivity contribution >= 4 is 16.9 Å². The van der Waals surface area contributed by atoms with Gasteiger partial charge in [0.1, 0.15) is 0 Å². The molecule has 0 spiro atoms. The molecule has 2 heterocycles. The Labute approximate surface area is 144 Å². The summed E-state index contributed by atoms with van der Waals surface area (Å²) in [6, 6.07) is 11.7. The third kappa shape index (κ3) is 4.09. The summed E-state index contributed by atoms with van der Waals surface area (Å²) in [4.78, 5) is 10.4. The van der Waals surface area contributed by atoms with Gasteiger partial charge in [0.25, 0.3) is 0 Å². The molecular weight excluding hydrogens is 298 g/mol. The van der Waals surface area contributed by atoms with Crippen molar-refractivity contribution in [2.75, 3.05) is 20.1 Å². The number of nitrogens with one attached hydrogen (secondary N) is 3. The number of H-pyrrole nitrogens is 1. The predicted octanol–water partition coefficient (Wildman–Crippen LogP) is 2.71. The van der Waals surface area contributed by atoms with Gasteiger partial charge >= 0.3 is 0 Å². The van der Waals surface area contributed by atoms with E-state index in [0.717, 1.165) is 25.6 Å². The van der Waals surface area contributed by atoms with Gasteiger partial charge in [-0.1, -0.05) is 18.2 Å². The average molecular weight is 327 g/mol. The number of likely N-dealkylation sites (tertiary alicyclic amines) is 1. The molecule has 2 aromatic rings. The minimum Gasteiger partial charge on any atom is -0.357 e. The van der Waals surface area contributed by atoms with Crippen LogP contribution in [0.25, 0.3) is 10.9 Å². The van der Waals surface area contributed by atoms with Gasteiger partial charge in [0.15, 0.2) is 5.96 Å². The fourth-order valence-electron chi connectivity index (χ4n) is 3.36. The van der Waals surface area contributed by atoms with Crippen LogP contribution >= 0.6 is 0 Å². The minimum absolute atomic E-state index is 0.508. The molecule has 0 saturated carbocycles. The molecule has 5 nitrogen and oxygen atoms in total. The van der Waals surface area contributed by atoms with E-state index in [-0.39, 0.29) is 0 Å². The Balaban J connectivity index is 1.50. The first-order valence-electron chi connectivity index (χ1n) is 8.93. The van der Waals surface area contributed by atoms with Gasteiger partial charge in [-0.25, -0.2) is 0 Å². The monoisotopic (exact) mass is 327 g/mol. The summed E-state index contributed by atoms with van der Waals surface area (Å²) < 4.78 is 0. The van der Waals surface area contributed by atoms with E-state index in [9.17, 15) is 0 Å². The summed E-state index contributed by atoms with van der Waals surface area (Å²) in [5.41, 5.74) is 2.35. The Morgan fingerprint density at radius 3 is 2.71 bits per heavy atom. The second-order valence-corrected chi connectivity index (χ2v) is 6.86. The smallest absolute Gasteiger partial charge is 0.191 e. The number of aromatic amines is 1. The molecule has 24 heavy (non-hydrogen) atoms. The number of guanidine groups is 1. The second-order valence-electron chi connectivity index (χ2n) is 6.86. The zero-order chi connectivity index (χ0) is 16.9. The van der Waals surface area contributed by atoms with E-state index in [0.29, 0.717) is 12.1 Å². The van der Waals surface area contributed by atoms with Crippen molar-refractivity contribution in [1.82, 2.24) is 20.5 Å². The van der Waals surface area contributed by atoms with E-state index in [1.807, 2.05) is 7.05 Å². The standard InChI is InChI=1S/C19H29N5/c1-14(2)24-10-8-16(9-11-24)23-19(20-3)21-13-17-12-15-6-4-5-7-18(15)22-17/h4-7,12,14,16,22H,8-11,13H2,1-3H3,(H2,20,21,23). The normalized spacial score (nSPS) is 17.6. The number of benzene rings is 1. The highest BCUT2D eigenvalue weighted by atomic mass is 15.2. The van der Waals surface area contributed by atoms with Crippen molar-refractivity contribution in [3.05, 3.63) is 36.0 Å². The SMILES string of the molecule is CN=C(NCc1cc2ccccc2[nH]1)NC1CCN(C(C)C)CC1. The lowest BCUT2D eigenvalue weighted by Crippen LogP contribution is -2.49. The van der Waals surface area contributed by atoms with Crippen LogP contribution in [0.1, 0.15) is 32.4 Å². The zero-order valence-corrected chi connectivity index (χ0v) is 15.0. The van der Waals surface area contributed by atoms with Crippen molar-refractivity contribution in [2.24, 2.45) is 4.99 Å². The van der Waals surface area contributed by atoms with Crippen LogP contribution in [-0.2, 0) is 6.54 Å². The van der Waals surface area contributed by atoms with Gasteiger partial charge < -0.3 is 20.5 Å². The molecule has 1 aromatic carbocycles. The molecule has 3 rings (SSSR count). The number of fused-ring (bicyclic) bond motifs is 1. The molecule has 1 saturated heterocycles. The van der Waals surface area contributed by atoms with Crippen LogP contribution in [0.2, 0.25) is 0 Å². The fraction of sp³-hybridized carbons (Fsp3) is 0.526. The Morgan fingerprint density at radius 1 is 1.29 bits per heavy atom. The Kier molecular flexibility index (Phi) is 5.41. The van der Waals surface area contributed by atoms with Gasteiger partial charge in [-0.05, 0) is 44.2 Å². The van der Waals surface area contributed by atoms with Crippen molar-refractivity contribution in [3.63, 3.8) is 0 Å². The maximum atomic E-state index is 4.37. The number of hydrogen-bond donors (Lipinski definition) is 3.